The minimum atomic E-state index is 0.639. The van der Waals surface area contributed by atoms with Crippen LogP contribution in [0, 0.1) is 0 Å². The Morgan fingerprint density at radius 3 is 2.69 bits per heavy atom. The van der Waals surface area contributed by atoms with E-state index in [0.29, 0.717) is 5.92 Å². The molecule has 1 aliphatic rings. The zero-order chi connectivity index (χ0) is 11.2. The fourth-order valence-corrected chi connectivity index (χ4v) is 2.03. The van der Waals surface area contributed by atoms with Crippen molar-refractivity contribution in [1.29, 1.82) is 0 Å². The largest absolute Gasteiger partial charge is 0.313 e. The van der Waals surface area contributed by atoms with E-state index in [1.54, 1.807) is 0 Å². The second-order valence-corrected chi connectivity index (χ2v) is 4.66. The summed E-state index contributed by atoms with van der Waals surface area (Å²) in [6, 6.07) is 11.6. The maximum atomic E-state index is 3.81. The Balaban J connectivity index is 1.92. The number of rotatable bonds is 7. The van der Waals surface area contributed by atoms with Crippen molar-refractivity contribution in [2.45, 2.75) is 37.6 Å². The smallest absolute Gasteiger partial charge is 0.00684 e. The SMILES string of the molecule is C=CCCC(CNC1CC1)c1ccccc1. The van der Waals surface area contributed by atoms with Crippen molar-refractivity contribution in [3.63, 3.8) is 0 Å². The second kappa shape index (κ2) is 5.86. The van der Waals surface area contributed by atoms with E-state index in [0.717, 1.165) is 19.0 Å². The Morgan fingerprint density at radius 2 is 2.06 bits per heavy atom. The highest BCUT2D eigenvalue weighted by Crippen LogP contribution is 2.24. The lowest BCUT2D eigenvalue weighted by Crippen LogP contribution is -2.23. The van der Waals surface area contributed by atoms with Gasteiger partial charge in [-0.15, -0.1) is 6.58 Å². The van der Waals surface area contributed by atoms with Gasteiger partial charge in [0.1, 0.15) is 0 Å². The predicted molar refractivity (Wildman–Crippen MR) is 69.6 cm³/mol. The van der Waals surface area contributed by atoms with Crippen LogP contribution in [0.3, 0.4) is 0 Å². The van der Waals surface area contributed by atoms with Gasteiger partial charge in [-0.2, -0.15) is 0 Å². The molecule has 0 aliphatic heterocycles. The van der Waals surface area contributed by atoms with Gasteiger partial charge in [0.25, 0.3) is 0 Å². The van der Waals surface area contributed by atoms with Crippen LogP contribution in [-0.4, -0.2) is 12.6 Å². The summed E-state index contributed by atoms with van der Waals surface area (Å²) in [6.45, 7) is 4.93. The number of nitrogens with one attached hydrogen (secondary N) is 1. The Labute approximate surface area is 98.6 Å². The Kier molecular flexibility index (Phi) is 4.17. The van der Waals surface area contributed by atoms with Gasteiger partial charge >= 0.3 is 0 Å². The standard InChI is InChI=1S/C15H21N/c1-2-3-7-14(12-16-15-10-11-15)13-8-5-4-6-9-13/h2,4-6,8-9,14-16H,1,3,7,10-12H2. The average Bonchev–Trinajstić information content (AvgIpc) is 3.14. The lowest BCUT2D eigenvalue weighted by atomic mass is 9.94. The maximum Gasteiger partial charge on any atom is 0.00684 e. The zero-order valence-corrected chi connectivity index (χ0v) is 9.86. The second-order valence-electron chi connectivity index (χ2n) is 4.66. The van der Waals surface area contributed by atoms with Crippen LogP contribution in [-0.2, 0) is 0 Å². The Bertz CT molecular complexity index is 313. The lowest BCUT2D eigenvalue weighted by Gasteiger charge is -2.17. The topological polar surface area (TPSA) is 12.0 Å². The van der Waals surface area contributed by atoms with E-state index in [-0.39, 0.29) is 0 Å². The average molecular weight is 215 g/mol. The van der Waals surface area contributed by atoms with E-state index < -0.39 is 0 Å². The summed E-state index contributed by atoms with van der Waals surface area (Å²) in [6.07, 6.45) is 7.05. The molecule has 1 aliphatic carbocycles. The van der Waals surface area contributed by atoms with Crippen LogP contribution in [0.4, 0.5) is 0 Å². The molecule has 0 saturated heterocycles. The summed E-state index contributed by atoms with van der Waals surface area (Å²) in [4.78, 5) is 0. The molecule has 0 spiro atoms. The molecule has 16 heavy (non-hydrogen) atoms. The van der Waals surface area contributed by atoms with Gasteiger partial charge in [-0.1, -0.05) is 36.4 Å². The van der Waals surface area contributed by atoms with Gasteiger partial charge in [-0.05, 0) is 37.2 Å². The highest BCUT2D eigenvalue weighted by Gasteiger charge is 2.22. The highest BCUT2D eigenvalue weighted by atomic mass is 14.9. The molecule has 0 radical (unpaired) electrons. The number of hydrogen-bond donors (Lipinski definition) is 1. The first-order valence-corrected chi connectivity index (χ1v) is 6.29. The molecule has 1 nitrogen and oxygen atoms in total. The van der Waals surface area contributed by atoms with E-state index in [9.17, 15) is 0 Å². The zero-order valence-electron chi connectivity index (χ0n) is 9.86. The molecule has 0 heterocycles. The molecule has 1 N–H and O–H groups in total. The molecule has 86 valence electrons. The van der Waals surface area contributed by atoms with Crippen LogP contribution in [0.5, 0.6) is 0 Å². The predicted octanol–water partition coefficient (Wildman–Crippen LogP) is 3.49. The minimum absolute atomic E-state index is 0.639. The summed E-state index contributed by atoms with van der Waals surface area (Å²) in [5, 5.41) is 3.63. The third kappa shape index (κ3) is 3.49. The van der Waals surface area contributed by atoms with Crippen molar-refractivity contribution in [3.8, 4) is 0 Å². The molecular formula is C15H21N. The third-order valence-electron chi connectivity index (χ3n) is 3.22. The fourth-order valence-electron chi connectivity index (χ4n) is 2.03. The third-order valence-corrected chi connectivity index (χ3v) is 3.22. The summed E-state index contributed by atoms with van der Waals surface area (Å²) in [7, 11) is 0. The van der Waals surface area contributed by atoms with Crippen molar-refractivity contribution in [3.05, 3.63) is 48.6 Å². The van der Waals surface area contributed by atoms with Crippen LogP contribution in [0.2, 0.25) is 0 Å². The monoisotopic (exact) mass is 215 g/mol. The number of benzene rings is 1. The molecule has 2 rings (SSSR count). The van der Waals surface area contributed by atoms with Crippen molar-refractivity contribution < 1.29 is 0 Å². The van der Waals surface area contributed by atoms with Gasteiger partial charge in [0.2, 0.25) is 0 Å². The molecule has 0 amide bonds. The molecule has 1 fully saturated rings. The van der Waals surface area contributed by atoms with Crippen LogP contribution >= 0.6 is 0 Å². The fraction of sp³-hybridized carbons (Fsp3) is 0.467. The van der Waals surface area contributed by atoms with E-state index in [4.69, 9.17) is 0 Å². The van der Waals surface area contributed by atoms with Gasteiger partial charge < -0.3 is 5.32 Å². The molecule has 1 atom stereocenters. The summed E-state index contributed by atoms with van der Waals surface area (Å²) in [5.74, 6) is 0.639. The molecule has 1 aromatic carbocycles. The first-order chi connectivity index (χ1) is 7.90. The Hall–Kier alpha value is -1.08. The van der Waals surface area contributed by atoms with Crippen LogP contribution in [0.1, 0.15) is 37.2 Å². The van der Waals surface area contributed by atoms with Gasteiger partial charge in [0.15, 0.2) is 0 Å². The van der Waals surface area contributed by atoms with Crippen molar-refractivity contribution >= 4 is 0 Å². The van der Waals surface area contributed by atoms with E-state index in [2.05, 4.69) is 42.2 Å². The highest BCUT2D eigenvalue weighted by molar-refractivity contribution is 5.20. The maximum absolute atomic E-state index is 3.81. The van der Waals surface area contributed by atoms with Crippen LogP contribution in [0.25, 0.3) is 0 Å². The molecule has 1 aromatic rings. The van der Waals surface area contributed by atoms with Gasteiger partial charge in [0.05, 0.1) is 0 Å². The number of allylic oxidation sites excluding steroid dienone is 1. The first-order valence-electron chi connectivity index (χ1n) is 6.29. The van der Waals surface area contributed by atoms with Gasteiger partial charge in [0, 0.05) is 12.6 Å². The van der Waals surface area contributed by atoms with Gasteiger partial charge in [-0.25, -0.2) is 0 Å². The molecule has 1 saturated carbocycles. The Morgan fingerprint density at radius 1 is 1.31 bits per heavy atom. The summed E-state index contributed by atoms with van der Waals surface area (Å²) in [5.41, 5.74) is 1.46. The van der Waals surface area contributed by atoms with E-state index in [1.807, 2.05) is 6.08 Å². The quantitative estimate of drug-likeness (QED) is 0.687. The van der Waals surface area contributed by atoms with Crippen LogP contribution < -0.4 is 5.32 Å². The molecule has 1 unspecified atom stereocenters. The lowest BCUT2D eigenvalue weighted by molar-refractivity contribution is 0.552. The van der Waals surface area contributed by atoms with Crippen molar-refractivity contribution in [2.24, 2.45) is 0 Å². The van der Waals surface area contributed by atoms with E-state index >= 15 is 0 Å². The molecule has 1 heteroatoms. The minimum Gasteiger partial charge on any atom is -0.313 e. The normalized spacial score (nSPS) is 17.0. The first kappa shape index (κ1) is 11.4. The van der Waals surface area contributed by atoms with E-state index in [1.165, 1.54) is 24.8 Å². The molecular weight excluding hydrogens is 194 g/mol. The molecule has 0 aromatic heterocycles. The number of hydrogen-bond acceptors (Lipinski definition) is 1. The molecule has 0 bridgehead atoms. The summed E-state index contributed by atoms with van der Waals surface area (Å²) >= 11 is 0. The van der Waals surface area contributed by atoms with Crippen molar-refractivity contribution in [1.82, 2.24) is 5.32 Å². The summed E-state index contributed by atoms with van der Waals surface area (Å²) < 4.78 is 0. The van der Waals surface area contributed by atoms with Crippen molar-refractivity contribution in [2.75, 3.05) is 6.54 Å². The van der Waals surface area contributed by atoms with Crippen LogP contribution in [0.15, 0.2) is 43.0 Å². The van der Waals surface area contributed by atoms with Gasteiger partial charge in [-0.3, -0.25) is 0 Å².